The normalized spacial score (nSPS) is 9.81. The van der Waals surface area contributed by atoms with Crippen molar-refractivity contribution >= 4 is 11.8 Å². The quantitative estimate of drug-likeness (QED) is 0.699. The Kier molecular flexibility index (Phi) is 5.48. The molecule has 128 valence electrons. The lowest BCUT2D eigenvalue weighted by atomic mass is 10.2. The maximum atomic E-state index is 11.8. The summed E-state index contributed by atoms with van der Waals surface area (Å²) in [5.74, 6) is 1.18. The van der Waals surface area contributed by atoms with Crippen molar-refractivity contribution in [1.29, 1.82) is 5.26 Å². The molecule has 26 heavy (non-hydrogen) atoms. The predicted octanol–water partition coefficient (Wildman–Crippen LogP) is 5.10. The number of rotatable bonds is 5. The van der Waals surface area contributed by atoms with Crippen molar-refractivity contribution in [1.82, 2.24) is 0 Å². The van der Waals surface area contributed by atoms with Gasteiger partial charge in [0, 0.05) is 5.69 Å². The van der Waals surface area contributed by atoms with E-state index in [1.54, 1.807) is 48.5 Å². The first-order chi connectivity index (χ1) is 12.7. The number of nitriles is 1. The van der Waals surface area contributed by atoms with Gasteiger partial charge >= 0.3 is 6.09 Å². The number of nitrogens with one attached hydrogen (secondary N) is 1. The summed E-state index contributed by atoms with van der Waals surface area (Å²) in [7, 11) is 0. The Balaban J connectivity index is 1.54. The van der Waals surface area contributed by atoms with Gasteiger partial charge in [0.15, 0.2) is 0 Å². The highest BCUT2D eigenvalue weighted by Gasteiger charge is 2.05. The van der Waals surface area contributed by atoms with Gasteiger partial charge in [-0.1, -0.05) is 36.4 Å². The first kappa shape index (κ1) is 17.1. The van der Waals surface area contributed by atoms with Gasteiger partial charge in [0.1, 0.15) is 18.1 Å². The van der Waals surface area contributed by atoms with E-state index < -0.39 is 6.09 Å². The van der Waals surface area contributed by atoms with Crippen LogP contribution in [0, 0.1) is 11.3 Å². The fourth-order valence-corrected chi connectivity index (χ4v) is 2.25. The molecular weight excluding hydrogens is 328 g/mol. The van der Waals surface area contributed by atoms with Gasteiger partial charge in [-0.15, -0.1) is 0 Å². The molecular formula is C21H16N2O3. The SMILES string of the molecule is N#Cc1cccc(Oc2ccc(NC(=O)OCc3ccccc3)cc2)c1. The van der Waals surface area contributed by atoms with Crippen LogP contribution in [-0.2, 0) is 11.3 Å². The molecule has 1 N–H and O–H groups in total. The van der Waals surface area contributed by atoms with E-state index in [0.29, 0.717) is 22.7 Å². The summed E-state index contributed by atoms with van der Waals surface area (Å²) in [6.45, 7) is 0.211. The van der Waals surface area contributed by atoms with E-state index in [4.69, 9.17) is 14.7 Å². The Hall–Kier alpha value is -3.78. The third-order valence-electron chi connectivity index (χ3n) is 3.51. The number of hydrogen-bond donors (Lipinski definition) is 1. The number of amides is 1. The molecule has 0 aromatic heterocycles. The summed E-state index contributed by atoms with van der Waals surface area (Å²) in [4.78, 5) is 11.8. The van der Waals surface area contributed by atoms with Crippen LogP contribution in [0.3, 0.4) is 0 Å². The number of ether oxygens (including phenoxy) is 2. The molecule has 0 aliphatic heterocycles. The van der Waals surface area contributed by atoms with E-state index in [9.17, 15) is 4.79 Å². The number of benzene rings is 3. The second kappa shape index (κ2) is 8.36. The van der Waals surface area contributed by atoms with Gasteiger partial charge in [-0.3, -0.25) is 5.32 Å². The van der Waals surface area contributed by atoms with Crippen LogP contribution < -0.4 is 10.1 Å². The lowest BCUT2D eigenvalue weighted by Gasteiger charge is -2.09. The van der Waals surface area contributed by atoms with Gasteiger partial charge < -0.3 is 9.47 Å². The monoisotopic (exact) mass is 344 g/mol. The first-order valence-electron chi connectivity index (χ1n) is 7.99. The van der Waals surface area contributed by atoms with Gasteiger partial charge in [0.2, 0.25) is 0 Å². The maximum absolute atomic E-state index is 11.8. The van der Waals surface area contributed by atoms with E-state index in [2.05, 4.69) is 11.4 Å². The van der Waals surface area contributed by atoms with Crippen molar-refractivity contribution in [2.45, 2.75) is 6.61 Å². The van der Waals surface area contributed by atoms with Crippen molar-refractivity contribution in [3.63, 3.8) is 0 Å². The number of hydrogen-bond acceptors (Lipinski definition) is 4. The number of anilines is 1. The third kappa shape index (κ3) is 4.86. The second-order valence-corrected chi connectivity index (χ2v) is 5.45. The van der Waals surface area contributed by atoms with E-state index in [1.807, 2.05) is 30.3 Å². The molecule has 3 aromatic carbocycles. The third-order valence-corrected chi connectivity index (χ3v) is 3.51. The molecule has 3 aromatic rings. The van der Waals surface area contributed by atoms with Crippen LogP contribution in [0.2, 0.25) is 0 Å². The van der Waals surface area contributed by atoms with Gasteiger partial charge in [-0.05, 0) is 48.0 Å². The second-order valence-electron chi connectivity index (χ2n) is 5.45. The molecule has 1 amide bonds. The number of nitrogens with zero attached hydrogens (tertiary/aromatic N) is 1. The van der Waals surface area contributed by atoms with Crippen LogP contribution in [0.4, 0.5) is 10.5 Å². The number of carbonyl (C=O) groups is 1. The Morgan fingerprint density at radius 3 is 2.42 bits per heavy atom. The minimum absolute atomic E-state index is 0.211. The molecule has 5 heteroatoms. The van der Waals surface area contributed by atoms with Crippen LogP contribution in [0.25, 0.3) is 0 Å². The highest BCUT2D eigenvalue weighted by Crippen LogP contribution is 2.23. The zero-order chi connectivity index (χ0) is 18.2. The molecule has 0 spiro atoms. The Morgan fingerprint density at radius 2 is 1.69 bits per heavy atom. The lowest BCUT2D eigenvalue weighted by Crippen LogP contribution is -2.13. The average Bonchev–Trinajstić information content (AvgIpc) is 2.69. The zero-order valence-electron chi connectivity index (χ0n) is 13.9. The van der Waals surface area contributed by atoms with Crippen molar-refractivity contribution in [3.8, 4) is 17.6 Å². The van der Waals surface area contributed by atoms with Crippen molar-refractivity contribution < 1.29 is 14.3 Å². The largest absolute Gasteiger partial charge is 0.457 e. The predicted molar refractivity (Wildman–Crippen MR) is 97.9 cm³/mol. The van der Waals surface area contributed by atoms with Crippen LogP contribution in [-0.4, -0.2) is 6.09 Å². The minimum atomic E-state index is -0.524. The van der Waals surface area contributed by atoms with Crippen molar-refractivity contribution in [2.75, 3.05) is 5.32 Å². The van der Waals surface area contributed by atoms with Crippen LogP contribution >= 0.6 is 0 Å². The maximum Gasteiger partial charge on any atom is 0.411 e. The molecule has 0 saturated carbocycles. The Morgan fingerprint density at radius 1 is 0.923 bits per heavy atom. The average molecular weight is 344 g/mol. The molecule has 0 bridgehead atoms. The molecule has 0 unspecified atom stereocenters. The first-order valence-corrected chi connectivity index (χ1v) is 7.99. The molecule has 0 fully saturated rings. The molecule has 3 rings (SSSR count). The van der Waals surface area contributed by atoms with E-state index in [-0.39, 0.29) is 6.61 Å². The summed E-state index contributed by atoms with van der Waals surface area (Å²) in [5.41, 5.74) is 2.05. The van der Waals surface area contributed by atoms with Crippen LogP contribution in [0.5, 0.6) is 11.5 Å². The standard InChI is InChI=1S/C21H16N2O3/c22-14-17-7-4-8-20(13-17)26-19-11-9-18(10-12-19)23-21(24)25-15-16-5-2-1-3-6-16/h1-13H,15H2,(H,23,24). The minimum Gasteiger partial charge on any atom is -0.457 e. The molecule has 0 atom stereocenters. The van der Waals surface area contributed by atoms with E-state index in [1.165, 1.54) is 0 Å². The smallest absolute Gasteiger partial charge is 0.411 e. The summed E-state index contributed by atoms with van der Waals surface area (Å²) in [6, 6.07) is 25.3. The van der Waals surface area contributed by atoms with Gasteiger partial charge in [0.25, 0.3) is 0 Å². The molecule has 0 aliphatic carbocycles. The highest BCUT2D eigenvalue weighted by molar-refractivity contribution is 5.84. The van der Waals surface area contributed by atoms with Crippen molar-refractivity contribution in [3.05, 3.63) is 90.0 Å². The molecule has 0 aliphatic rings. The van der Waals surface area contributed by atoms with E-state index >= 15 is 0 Å². The fraction of sp³-hybridized carbons (Fsp3) is 0.0476. The molecule has 0 heterocycles. The lowest BCUT2D eigenvalue weighted by molar-refractivity contribution is 0.155. The zero-order valence-corrected chi connectivity index (χ0v) is 13.9. The van der Waals surface area contributed by atoms with Crippen LogP contribution in [0.1, 0.15) is 11.1 Å². The topological polar surface area (TPSA) is 71.3 Å². The van der Waals surface area contributed by atoms with Crippen LogP contribution in [0.15, 0.2) is 78.9 Å². The molecule has 0 saturated heterocycles. The molecule has 5 nitrogen and oxygen atoms in total. The summed E-state index contributed by atoms with van der Waals surface area (Å²) < 4.78 is 10.9. The molecule has 0 radical (unpaired) electrons. The van der Waals surface area contributed by atoms with Crippen molar-refractivity contribution in [2.24, 2.45) is 0 Å². The Labute approximate surface area is 151 Å². The fourth-order valence-electron chi connectivity index (χ4n) is 2.25. The highest BCUT2D eigenvalue weighted by atomic mass is 16.5. The van der Waals surface area contributed by atoms with Gasteiger partial charge in [-0.25, -0.2) is 4.79 Å². The Bertz CT molecular complexity index is 916. The summed E-state index contributed by atoms with van der Waals surface area (Å²) in [5, 5.41) is 11.6. The van der Waals surface area contributed by atoms with Gasteiger partial charge in [-0.2, -0.15) is 5.26 Å². The summed E-state index contributed by atoms with van der Waals surface area (Å²) in [6.07, 6.45) is -0.524. The summed E-state index contributed by atoms with van der Waals surface area (Å²) >= 11 is 0. The van der Waals surface area contributed by atoms with E-state index in [0.717, 1.165) is 5.56 Å². The van der Waals surface area contributed by atoms with Gasteiger partial charge in [0.05, 0.1) is 11.6 Å². The number of carbonyl (C=O) groups excluding carboxylic acids is 1.